The molecule has 42 heavy (non-hydrogen) atoms. The Bertz CT molecular complexity index is 1240. The molecule has 2 N–H and O–H groups in total. The van der Waals surface area contributed by atoms with Crippen LogP contribution >= 0.6 is 0 Å². The molecule has 0 amide bonds. The van der Waals surface area contributed by atoms with Crippen LogP contribution in [-0.4, -0.2) is 55.7 Å². The van der Waals surface area contributed by atoms with Gasteiger partial charge in [-0.1, -0.05) is 60.7 Å². The second-order valence-electron chi connectivity index (χ2n) is 11.4. The molecule has 226 valence electrons. The molecule has 0 saturated carbocycles. The van der Waals surface area contributed by atoms with Gasteiger partial charge in [-0.15, -0.1) is 0 Å². The fourth-order valence-electron chi connectivity index (χ4n) is 4.45. The van der Waals surface area contributed by atoms with E-state index in [4.69, 9.17) is 23.7 Å². The predicted molar refractivity (Wildman–Crippen MR) is 160 cm³/mol. The summed E-state index contributed by atoms with van der Waals surface area (Å²) in [5.74, 6) is 0.896. The standard InChI is InChI=1S/C34H43NO7/c1-25-16-31(40-19-26-10-6-4-7-11-26)32(41-20-27-12-8-5-9-13-27)17-29(25)22-39-23-30(36)18-35-34(2,3)24-42-33(37)28-14-15-38-21-28/h4-13,16-17,28,30,35-36H,14-15,18-24H2,1-3H3/t28-,30?/m0/s1. The van der Waals surface area contributed by atoms with Gasteiger partial charge in [0.15, 0.2) is 11.5 Å². The van der Waals surface area contributed by atoms with Crippen molar-refractivity contribution in [3.8, 4) is 11.5 Å². The maximum atomic E-state index is 12.2. The van der Waals surface area contributed by atoms with Crippen LogP contribution < -0.4 is 14.8 Å². The van der Waals surface area contributed by atoms with Crippen molar-refractivity contribution in [3.05, 3.63) is 95.1 Å². The largest absolute Gasteiger partial charge is 0.485 e. The number of nitrogens with one attached hydrogen (secondary N) is 1. The summed E-state index contributed by atoms with van der Waals surface area (Å²) >= 11 is 0. The summed E-state index contributed by atoms with van der Waals surface area (Å²) in [6, 6.07) is 23.9. The zero-order valence-electron chi connectivity index (χ0n) is 24.8. The lowest BCUT2D eigenvalue weighted by molar-refractivity contribution is -0.150. The molecule has 0 aliphatic carbocycles. The normalized spacial score (nSPS) is 15.8. The summed E-state index contributed by atoms with van der Waals surface area (Å²) in [6.07, 6.45) is -0.0301. The molecule has 1 aliphatic heterocycles. The van der Waals surface area contributed by atoms with Gasteiger partial charge >= 0.3 is 5.97 Å². The highest BCUT2D eigenvalue weighted by atomic mass is 16.5. The van der Waals surface area contributed by atoms with Crippen LogP contribution in [0.25, 0.3) is 0 Å². The minimum absolute atomic E-state index is 0.147. The molecule has 0 spiro atoms. The molecule has 1 saturated heterocycles. The number of esters is 1. The van der Waals surface area contributed by atoms with Gasteiger partial charge in [0.05, 0.1) is 31.8 Å². The number of benzene rings is 3. The van der Waals surface area contributed by atoms with Crippen LogP contribution in [0.2, 0.25) is 0 Å². The van der Waals surface area contributed by atoms with E-state index in [-0.39, 0.29) is 25.1 Å². The van der Waals surface area contributed by atoms with Crippen molar-refractivity contribution in [1.82, 2.24) is 5.32 Å². The van der Waals surface area contributed by atoms with E-state index in [0.717, 1.165) is 22.3 Å². The summed E-state index contributed by atoms with van der Waals surface area (Å²) in [7, 11) is 0. The van der Waals surface area contributed by atoms with Gasteiger partial charge in [-0.2, -0.15) is 0 Å². The first-order valence-corrected chi connectivity index (χ1v) is 14.5. The van der Waals surface area contributed by atoms with Crippen molar-refractivity contribution in [2.75, 3.05) is 33.0 Å². The summed E-state index contributed by atoms with van der Waals surface area (Å²) in [5, 5.41) is 13.8. The highest BCUT2D eigenvalue weighted by Crippen LogP contribution is 2.33. The van der Waals surface area contributed by atoms with E-state index in [1.54, 1.807) is 0 Å². The van der Waals surface area contributed by atoms with Crippen LogP contribution in [0.3, 0.4) is 0 Å². The molecule has 8 nitrogen and oxygen atoms in total. The SMILES string of the molecule is Cc1cc(OCc2ccccc2)c(OCc2ccccc2)cc1COCC(O)CNC(C)(C)COC(=O)[C@H]1CCOC1. The molecule has 3 aromatic rings. The number of hydrogen-bond acceptors (Lipinski definition) is 8. The molecule has 4 rings (SSSR count). The Morgan fingerprint density at radius 1 is 0.976 bits per heavy atom. The predicted octanol–water partition coefficient (Wildman–Crippen LogP) is 4.98. The molecule has 2 atom stereocenters. The van der Waals surface area contributed by atoms with Crippen molar-refractivity contribution in [2.24, 2.45) is 5.92 Å². The Morgan fingerprint density at radius 3 is 2.19 bits per heavy atom. The zero-order chi connectivity index (χ0) is 29.8. The molecule has 8 heteroatoms. The van der Waals surface area contributed by atoms with Crippen molar-refractivity contribution < 1.29 is 33.6 Å². The molecule has 0 bridgehead atoms. The Hall–Kier alpha value is -3.43. The van der Waals surface area contributed by atoms with Gasteiger partial charge in [-0.25, -0.2) is 0 Å². The highest BCUT2D eigenvalue weighted by molar-refractivity contribution is 5.72. The lowest BCUT2D eigenvalue weighted by Crippen LogP contribution is -2.48. The second-order valence-corrected chi connectivity index (χ2v) is 11.4. The highest BCUT2D eigenvalue weighted by Gasteiger charge is 2.28. The van der Waals surface area contributed by atoms with E-state index in [2.05, 4.69) is 5.32 Å². The number of aliphatic hydroxyl groups excluding tert-OH is 1. The van der Waals surface area contributed by atoms with E-state index in [1.807, 2.05) is 93.6 Å². The monoisotopic (exact) mass is 577 g/mol. The Balaban J connectivity index is 1.28. The van der Waals surface area contributed by atoms with Crippen LogP contribution in [0.5, 0.6) is 11.5 Å². The summed E-state index contributed by atoms with van der Waals surface area (Å²) in [4.78, 5) is 12.2. The number of carbonyl (C=O) groups is 1. The Labute approximate surface area is 248 Å². The molecule has 0 aromatic heterocycles. The number of carbonyl (C=O) groups excluding carboxylic acids is 1. The van der Waals surface area contributed by atoms with Crippen LogP contribution in [0, 0.1) is 12.8 Å². The summed E-state index contributed by atoms with van der Waals surface area (Å²) in [5.41, 5.74) is 3.60. The van der Waals surface area contributed by atoms with Gasteiger partial charge in [0, 0.05) is 18.7 Å². The van der Waals surface area contributed by atoms with Gasteiger partial charge in [-0.05, 0) is 61.6 Å². The average Bonchev–Trinajstić information content (AvgIpc) is 3.55. The number of rotatable bonds is 16. The molecule has 1 heterocycles. The first-order chi connectivity index (χ1) is 20.3. The van der Waals surface area contributed by atoms with E-state index in [1.165, 1.54) is 0 Å². The third-order valence-corrected chi connectivity index (χ3v) is 7.10. The molecule has 0 radical (unpaired) electrons. The van der Waals surface area contributed by atoms with Crippen LogP contribution in [0.15, 0.2) is 72.8 Å². The van der Waals surface area contributed by atoms with Crippen molar-refractivity contribution in [1.29, 1.82) is 0 Å². The maximum Gasteiger partial charge on any atom is 0.311 e. The fraction of sp³-hybridized carbons (Fsp3) is 0.441. The maximum absolute atomic E-state index is 12.2. The third kappa shape index (κ3) is 10.1. The molecule has 1 fully saturated rings. The van der Waals surface area contributed by atoms with Crippen LogP contribution in [0.4, 0.5) is 0 Å². The van der Waals surface area contributed by atoms with Gasteiger partial charge in [0.1, 0.15) is 19.8 Å². The van der Waals surface area contributed by atoms with Gasteiger partial charge in [-0.3, -0.25) is 4.79 Å². The van der Waals surface area contributed by atoms with E-state index < -0.39 is 11.6 Å². The number of aryl methyl sites for hydroxylation is 1. The quantitative estimate of drug-likeness (QED) is 0.230. The lowest BCUT2D eigenvalue weighted by atomic mass is 10.1. The minimum Gasteiger partial charge on any atom is -0.485 e. The van der Waals surface area contributed by atoms with Crippen molar-refractivity contribution >= 4 is 5.97 Å². The molecular weight excluding hydrogens is 534 g/mol. The molecule has 1 aliphatic rings. The summed E-state index contributed by atoms with van der Waals surface area (Å²) in [6.45, 7) is 8.70. The third-order valence-electron chi connectivity index (χ3n) is 7.10. The van der Waals surface area contributed by atoms with Crippen LogP contribution in [0.1, 0.15) is 42.5 Å². The molecule has 1 unspecified atom stereocenters. The van der Waals surface area contributed by atoms with Crippen LogP contribution in [-0.2, 0) is 38.8 Å². The summed E-state index contributed by atoms with van der Waals surface area (Å²) < 4.78 is 29.0. The smallest absolute Gasteiger partial charge is 0.311 e. The second kappa shape index (κ2) is 15.7. The van der Waals surface area contributed by atoms with Gasteiger partial charge in [0.25, 0.3) is 0 Å². The lowest BCUT2D eigenvalue weighted by Gasteiger charge is -2.27. The number of hydrogen-bond donors (Lipinski definition) is 2. The Morgan fingerprint density at radius 2 is 1.60 bits per heavy atom. The van der Waals surface area contributed by atoms with Gasteiger partial charge < -0.3 is 34.1 Å². The zero-order valence-corrected chi connectivity index (χ0v) is 24.8. The first kappa shape index (κ1) is 31.5. The van der Waals surface area contributed by atoms with Crippen molar-refractivity contribution in [3.63, 3.8) is 0 Å². The number of ether oxygens (including phenoxy) is 5. The minimum atomic E-state index is -0.731. The van der Waals surface area contributed by atoms with Crippen molar-refractivity contribution in [2.45, 2.75) is 58.7 Å². The first-order valence-electron chi connectivity index (χ1n) is 14.5. The number of β-amino-alcohol motifs (C(OH)–C–C–N with tert-alkyl or cyclic N) is 1. The number of aliphatic hydroxyl groups is 1. The van der Waals surface area contributed by atoms with E-state index in [9.17, 15) is 9.90 Å². The average molecular weight is 578 g/mol. The van der Waals surface area contributed by atoms with Gasteiger partial charge in [0.2, 0.25) is 0 Å². The Kier molecular flexibility index (Phi) is 11.8. The van der Waals surface area contributed by atoms with E-state index >= 15 is 0 Å². The molecule has 3 aromatic carbocycles. The fourth-order valence-corrected chi connectivity index (χ4v) is 4.45. The topological polar surface area (TPSA) is 95.5 Å². The van der Waals surface area contributed by atoms with E-state index in [0.29, 0.717) is 57.5 Å². The molecular formula is C34H43NO7.